The third-order valence-corrected chi connectivity index (χ3v) is 5.67. The van der Waals surface area contributed by atoms with Crippen LogP contribution in [0.4, 0.5) is 5.69 Å². The summed E-state index contributed by atoms with van der Waals surface area (Å²) in [4.78, 5) is 17.8. The molecule has 2 heterocycles. The smallest absolute Gasteiger partial charge is 0.280 e. The molecule has 4 rings (SSSR count). The van der Waals surface area contributed by atoms with E-state index >= 15 is 0 Å². The van der Waals surface area contributed by atoms with Crippen molar-refractivity contribution < 1.29 is 9.53 Å². The van der Waals surface area contributed by atoms with Gasteiger partial charge in [0.05, 0.1) is 19.0 Å². The zero-order valence-corrected chi connectivity index (χ0v) is 18.1. The molecule has 0 radical (unpaired) electrons. The molecule has 1 aromatic heterocycles. The number of methoxy groups -OCH3 is 1. The lowest BCUT2D eigenvalue weighted by Gasteiger charge is -2.34. The number of carbonyl (C=O) groups is 1. The van der Waals surface area contributed by atoms with Crippen molar-refractivity contribution in [2.24, 2.45) is 0 Å². The van der Waals surface area contributed by atoms with Crippen LogP contribution in [0.25, 0.3) is 5.69 Å². The molecule has 1 aliphatic heterocycles. The highest BCUT2D eigenvalue weighted by atomic mass is 16.5. The van der Waals surface area contributed by atoms with Crippen LogP contribution in [-0.4, -0.2) is 65.3 Å². The molecule has 0 spiro atoms. The molecule has 1 amide bonds. The fraction of sp³-hybridized carbons (Fsp3) is 0.333. The highest BCUT2D eigenvalue weighted by molar-refractivity contribution is 6.04. The molecule has 7 nitrogen and oxygen atoms in total. The first-order valence-electron chi connectivity index (χ1n) is 10.7. The maximum Gasteiger partial charge on any atom is 0.280 e. The third kappa shape index (κ3) is 5.13. The van der Waals surface area contributed by atoms with Gasteiger partial charge in [-0.25, -0.2) is 4.68 Å². The van der Waals surface area contributed by atoms with Crippen molar-refractivity contribution in [1.82, 2.24) is 19.6 Å². The molecule has 0 saturated carbocycles. The molecule has 1 saturated heterocycles. The van der Waals surface area contributed by atoms with Crippen LogP contribution in [0.1, 0.15) is 23.0 Å². The summed E-state index contributed by atoms with van der Waals surface area (Å²) in [5.74, 6) is 0.138. The van der Waals surface area contributed by atoms with E-state index in [0.29, 0.717) is 5.75 Å². The first-order chi connectivity index (χ1) is 15.2. The van der Waals surface area contributed by atoms with Crippen LogP contribution in [0.5, 0.6) is 5.75 Å². The average molecular weight is 420 g/mol. The van der Waals surface area contributed by atoms with Crippen molar-refractivity contribution in [2.45, 2.75) is 13.5 Å². The number of rotatable bonds is 7. The lowest BCUT2D eigenvalue weighted by molar-refractivity contribution is 0.101. The number of anilines is 1. The fourth-order valence-electron chi connectivity index (χ4n) is 3.78. The van der Waals surface area contributed by atoms with Crippen molar-refractivity contribution in [3.8, 4) is 11.4 Å². The van der Waals surface area contributed by atoms with Crippen LogP contribution < -0.4 is 10.1 Å². The van der Waals surface area contributed by atoms with Crippen molar-refractivity contribution in [3.63, 3.8) is 0 Å². The normalized spacial score (nSPS) is 15.0. The van der Waals surface area contributed by atoms with Crippen molar-refractivity contribution in [3.05, 3.63) is 72.1 Å². The van der Waals surface area contributed by atoms with Gasteiger partial charge < -0.3 is 15.0 Å². The lowest BCUT2D eigenvalue weighted by atomic mass is 10.1. The van der Waals surface area contributed by atoms with E-state index < -0.39 is 0 Å². The van der Waals surface area contributed by atoms with Gasteiger partial charge in [0.2, 0.25) is 0 Å². The van der Waals surface area contributed by atoms with Crippen molar-refractivity contribution >= 4 is 11.6 Å². The number of amides is 1. The van der Waals surface area contributed by atoms with Crippen LogP contribution in [0, 0.1) is 0 Å². The minimum absolute atomic E-state index is 0.254. The van der Waals surface area contributed by atoms with E-state index in [1.54, 1.807) is 10.9 Å². The van der Waals surface area contributed by atoms with Gasteiger partial charge in [-0.2, -0.15) is 5.10 Å². The SMILES string of the molecule is CCN1CCN(Cc2ccc(NC(=O)c3nn(-c4ccccc4)cc3OC)cc2)CC1. The Balaban J connectivity index is 1.39. The summed E-state index contributed by atoms with van der Waals surface area (Å²) < 4.78 is 7.02. The number of benzene rings is 2. The highest BCUT2D eigenvalue weighted by Crippen LogP contribution is 2.21. The summed E-state index contributed by atoms with van der Waals surface area (Å²) >= 11 is 0. The molecule has 3 aromatic rings. The number of carbonyl (C=O) groups excluding carboxylic acids is 1. The summed E-state index contributed by atoms with van der Waals surface area (Å²) in [6.07, 6.45) is 1.71. The molecule has 0 bridgehead atoms. The largest absolute Gasteiger partial charge is 0.493 e. The summed E-state index contributed by atoms with van der Waals surface area (Å²) in [7, 11) is 1.54. The molecular formula is C24H29N5O2. The van der Waals surface area contributed by atoms with Crippen LogP contribution in [-0.2, 0) is 6.54 Å². The quantitative estimate of drug-likeness (QED) is 0.637. The summed E-state index contributed by atoms with van der Waals surface area (Å²) in [5.41, 5.74) is 3.10. The highest BCUT2D eigenvalue weighted by Gasteiger charge is 2.19. The van der Waals surface area contributed by atoms with Crippen LogP contribution in [0.15, 0.2) is 60.8 Å². The van der Waals surface area contributed by atoms with Gasteiger partial charge in [0.15, 0.2) is 11.4 Å². The number of aromatic nitrogens is 2. The minimum atomic E-state index is -0.296. The number of hydrogen-bond donors (Lipinski definition) is 1. The van der Waals surface area contributed by atoms with E-state index in [1.807, 2.05) is 42.5 Å². The van der Waals surface area contributed by atoms with Crippen LogP contribution in [0.2, 0.25) is 0 Å². The average Bonchev–Trinajstić information content (AvgIpc) is 3.26. The number of hydrogen-bond acceptors (Lipinski definition) is 5. The van der Waals surface area contributed by atoms with Gasteiger partial charge in [-0.3, -0.25) is 9.69 Å². The molecule has 0 unspecified atom stereocenters. The first kappa shape index (κ1) is 21.1. The maximum atomic E-state index is 12.8. The zero-order valence-electron chi connectivity index (χ0n) is 18.1. The fourth-order valence-corrected chi connectivity index (χ4v) is 3.78. The van der Waals surface area contributed by atoms with E-state index in [0.717, 1.165) is 50.6 Å². The van der Waals surface area contributed by atoms with E-state index in [9.17, 15) is 4.79 Å². The number of para-hydroxylation sites is 1. The van der Waals surface area contributed by atoms with E-state index in [2.05, 4.69) is 39.3 Å². The Morgan fingerprint density at radius 3 is 2.32 bits per heavy atom. The maximum absolute atomic E-state index is 12.8. The predicted octanol–water partition coefficient (Wildman–Crippen LogP) is 3.27. The van der Waals surface area contributed by atoms with Gasteiger partial charge in [-0.15, -0.1) is 0 Å². The van der Waals surface area contributed by atoms with E-state index in [-0.39, 0.29) is 11.6 Å². The number of nitrogens with zero attached hydrogens (tertiary/aromatic N) is 4. The number of ether oxygens (including phenoxy) is 1. The molecule has 7 heteroatoms. The number of likely N-dealkylation sites (N-methyl/N-ethyl adjacent to an activating group) is 1. The summed E-state index contributed by atoms with van der Waals surface area (Å²) in [6.45, 7) is 8.71. The number of piperazine rings is 1. The minimum Gasteiger partial charge on any atom is -0.493 e. The molecule has 0 aliphatic carbocycles. The van der Waals surface area contributed by atoms with Crippen LogP contribution >= 0.6 is 0 Å². The molecule has 162 valence electrons. The molecular weight excluding hydrogens is 390 g/mol. The Morgan fingerprint density at radius 2 is 1.68 bits per heavy atom. The Morgan fingerprint density at radius 1 is 1.00 bits per heavy atom. The third-order valence-electron chi connectivity index (χ3n) is 5.67. The topological polar surface area (TPSA) is 62.6 Å². The van der Waals surface area contributed by atoms with Gasteiger partial charge in [0, 0.05) is 38.4 Å². The van der Waals surface area contributed by atoms with Gasteiger partial charge >= 0.3 is 0 Å². The van der Waals surface area contributed by atoms with Crippen LogP contribution in [0.3, 0.4) is 0 Å². The Bertz CT molecular complexity index is 993. The lowest BCUT2D eigenvalue weighted by Crippen LogP contribution is -2.45. The monoisotopic (exact) mass is 419 g/mol. The van der Waals surface area contributed by atoms with Gasteiger partial charge in [0.1, 0.15) is 0 Å². The van der Waals surface area contributed by atoms with E-state index in [1.165, 1.54) is 12.7 Å². The summed E-state index contributed by atoms with van der Waals surface area (Å²) in [5, 5.41) is 7.35. The van der Waals surface area contributed by atoms with E-state index in [4.69, 9.17) is 4.74 Å². The second-order valence-corrected chi connectivity index (χ2v) is 7.69. The molecule has 31 heavy (non-hydrogen) atoms. The predicted molar refractivity (Wildman–Crippen MR) is 122 cm³/mol. The Labute approximate surface area is 183 Å². The van der Waals surface area contributed by atoms with Crippen molar-refractivity contribution in [1.29, 1.82) is 0 Å². The standard InChI is InChI=1S/C24H29N5O2/c1-3-27-13-15-28(16-14-27)17-19-9-11-20(12-10-19)25-24(30)23-22(31-2)18-29(26-23)21-7-5-4-6-8-21/h4-12,18H,3,13-17H2,1-2H3,(H,25,30). The van der Waals surface area contributed by atoms with Gasteiger partial charge in [-0.1, -0.05) is 37.3 Å². The molecule has 2 aromatic carbocycles. The van der Waals surface area contributed by atoms with Crippen molar-refractivity contribution in [2.75, 3.05) is 45.2 Å². The molecule has 1 N–H and O–H groups in total. The second kappa shape index (κ2) is 9.76. The molecule has 0 atom stereocenters. The Hall–Kier alpha value is -3.16. The molecule has 1 fully saturated rings. The Kier molecular flexibility index (Phi) is 6.64. The summed E-state index contributed by atoms with van der Waals surface area (Å²) in [6, 6.07) is 17.7. The van der Waals surface area contributed by atoms with Gasteiger partial charge in [-0.05, 0) is 36.4 Å². The number of nitrogens with one attached hydrogen (secondary N) is 1. The second-order valence-electron chi connectivity index (χ2n) is 7.69. The molecule has 1 aliphatic rings. The zero-order chi connectivity index (χ0) is 21.6. The first-order valence-corrected chi connectivity index (χ1v) is 10.7. The van der Waals surface area contributed by atoms with Gasteiger partial charge in [0.25, 0.3) is 5.91 Å².